The van der Waals surface area contributed by atoms with Crippen molar-refractivity contribution in [3.8, 4) is 11.1 Å². The van der Waals surface area contributed by atoms with Crippen LogP contribution in [0.5, 0.6) is 0 Å². The van der Waals surface area contributed by atoms with Crippen molar-refractivity contribution in [2.24, 2.45) is 11.0 Å². The lowest BCUT2D eigenvalue weighted by Crippen LogP contribution is -2.47. The first-order chi connectivity index (χ1) is 31.7. The number of carbonyl (C=O) groups excluding carboxylic acids is 7. The zero-order valence-electron chi connectivity index (χ0n) is 38.6. The van der Waals surface area contributed by atoms with E-state index in [0.717, 1.165) is 22.3 Å². The standard InChI is InChI=1S/C49H56N6O12/c1-9-22-63-43(58)26-51-44(59)36(24-41(56)38(53-54-50)25-42(57)66-48(3,4)5)29(2)65-45(60)39(23-30-27-55(47(62)67-49(6,7)8)40-21-15-14-16-31(30)40)52-46(61)64-28-37-34-19-12-10-17-32(34)33-18-11-13-20-35(33)37/h9-21,27,29,36-39H,1,22-26,28H2,2-8H3,(H,51,59)(H,52,61)/t29-,36+,38+,39+/m1/s1. The number of azide groups is 1. The van der Waals surface area contributed by atoms with E-state index in [1.165, 1.54) is 23.8 Å². The van der Waals surface area contributed by atoms with Crippen LogP contribution in [0.15, 0.2) is 96.8 Å². The topological polar surface area (TPSA) is 243 Å². The maximum atomic E-state index is 14.4. The van der Waals surface area contributed by atoms with Crippen LogP contribution < -0.4 is 10.6 Å². The number of alkyl carbamates (subject to hydrolysis) is 1. The number of hydrogen-bond donors (Lipinski definition) is 2. The monoisotopic (exact) mass is 920 g/mol. The number of hydrogen-bond acceptors (Lipinski definition) is 13. The summed E-state index contributed by atoms with van der Waals surface area (Å²) in [5.74, 6) is -6.40. The first-order valence-electron chi connectivity index (χ1n) is 21.7. The molecule has 0 saturated carbocycles. The van der Waals surface area contributed by atoms with Gasteiger partial charge in [0.1, 0.15) is 54.9 Å². The van der Waals surface area contributed by atoms with Crippen molar-refractivity contribution in [2.45, 2.75) is 103 Å². The van der Waals surface area contributed by atoms with Gasteiger partial charge in [0, 0.05) is 35.3 Å². The molecule has 1 aromatic heterocycles. The van der Waals surface area contributed by atoms with Gasteiger partial charge in [0.2, 0.25) is 5.91 Å². The molecule has 5 rings (SSSR count). The molecule has 354 valence electrons. The van der Waals surface area contributed by atoms with Crippen LogP contribution in [0, 0.1) is 5.92 Å². The summed E-state index contributed by atoms with van der Waals surface area (Å²) >= 11 is 0. The van der Waals surface area contributed by atoms with Gasteiger partial charge in [-0.15, -0.1) is 0 Å². The highest BCUT2D eigenvalue weighted by atomic mass is 16.6. The van der Waals surface area contributed by atoms with Crippen LogP contribution in [-0.2, 0) is 54.1 Å². The van der Waals surface area contributed by atoms with E-state index in [1.54, 1.807) is 65.8 Å². The summed E-state index contributed by atoms with van der Waals surface area (Å²) in [5, 5.41) is 9.04. The average molecular weight is 921 g/mol. The highest BCUT2D eigenvalue weighted by Gasteiger charge is 2.37. The van der Waals surface area contributed by atoms with Crippen LogP contribution in [0.3, 0.4) is 0 Å². The quantitative estimate of drug-likeness (QED) is 0.0230. The maximum Gasteiger partial charge on any atom is 0.419 e. The molecule has 18 heteroatoms. The third kappa shape index (κ3) is 13.8. The molecule has 4 aromatic rings. The summed E-state index contributed by atoms with van der Waals surface area (Å²) < 4.78 is 28.9. The minimum absolute atomic E-state index is 0.0920. The number of fused-ring (bicyclic) bond motifs is 4. The number of aromatic nitrogens is 1. The van der Waals surface area contributed by atoms with Crippen LogP contribution in [0.2, 0.25) is 0 Å². The van der Waals surface area contributed by atoms with Crippen molar-refractivity contribution in [1.29, 1.82) is 0 Å². The first kappa shape index (κ1) is 50.5. The zero-order valence-corrected chi connectivity index (χ0v) is 38.6. The second-order valence-electron chi connectivity index (χ2n) is 17.9. The number of para-hydroxylation sites is 1. The SMILES string of the molecule is C=CCOC(=O)CNC(=O)[C@@H](CC(=O)[C@H](CC(=O)OC(C)(C)C)N=[N+]=[N-])[C@@H](C)OC(=O)[C@H](Cc1cn(C(=O)OC(C)(C)C)c2ccccc12)NC(=O)OCC1c2ccccc2-c2ccccc21. The van der Waals surface area contributed by atoms with Gasteiger partial charge in [0.05, 0.1) is 17.9 Å². The van der Waals surface area contributed by atoms with Crippen LogP contribution in [-0.4, -0.2) is 95.5 Å². The fourth-order valence-corrected chi connectivity index (χ4v) is 7.56. The van der Waals surface area contributed by atoms with E-state index < -0.39 is 96.5 Å². The number of nitrogens with one attached hydrogen (secondary N) is 2. The van der Waals surface area contributed by atoms with Gasteiger partial charge in [-0.25, -0.2) is 14.4 Å². The molecule has 18 nitrogen and oxygen atoms in total. The van der Waals surface area contributed by atoms with E-state index >= 15 is 0 Å². The molecule has 1 heterocycles. The maximum absolute atomic E-state index is 14.4. The molecule has 0 spiro atoms. The summed E-state index contributed by atoms with van der Waals surface area (Å²) in [7, 11) is 0. The predicted octanol–water partition coefficient (Wildman–Crippen LogP) is 7.64. The second-order valence-corrected chi connectivity index (χ2v) is 17.9. The normalized spacial score (nSPS) is 13.8. The van der Waals surface area contributed by atoms with E-state index in [4.69, 9.17) is 23.7 Å². The number of amides is 2. The fourth-order valence-electron chi connectivity index (χ4n) is 7.56. The Morgan fingerprint density at radius 3 is 2.06 bits per heavy atom. The first-order valence-corrected chi connectivity index (χ1v) is 21.7. The number of nitrogens with zero attached hydrogens (tertiary/aromatic N) is 4. The van der Waals surface area contributed by atoms with Crippen molar-refractivity contribution >= 4 is 52.7 Å². The van der Waals surface area contributed by atoms with E-state index in [0.29, 0.717) is 16.5 Å². The molecule has 1 aliphatic carbocycles. The van der Waals surface area contributed by atoms with E-state index in [-0.39, 0.29) is 25.6 Å². The van der Waals surface area contributed by atoms with Crippen LogP contribution in [0.4, 0.5) is 9.59 Å². The average Bonchev–Trinajstić information content (AvgIpc) is 3.79. The molecule has 2 amide bonds. The molecule has 4 atom stereocenters. The Labute approximate surface area is 387 Å². The van der Waals surface area contributed by atoms with Crippen molar-refractivity contribution in [2.75, 3.05) is 19.8 Å². The fraction of sp³-hybridized carbons (Fsp3) is 0.408. The number of carbonyl (C=O) groups is 7. The number of rotatable bonds is 19. The molecule has 0 radical (unpaired) electrons. The number of ether oxygens (including phenoxy) is 5. The van der Waals surface area contributed by atoms with Crippen molar-refractivity contribution < 1.29 is 57.2 Å². The molecular weight excluding hydrogens is 865 g/mol. The Morgan fingerprint density at radius 2 is 1.45 bits per heavy atom. The Kier molecular flexibility index (Phi) is 16.7. The number of esters is 3. The van der Waals surface area contributed by atoms with Gasteiger partial charge in [0.25, 0.3) is 0 Å². The summed E-state index contributed by atoms with van der Waals surface area (Å²) in [6.45, 7) is 13.9. The molecular formula is C49H56N6O12. The molecule has 67 heavy (non-hydrogen) atoms. The van der Waals surface area contributed by atoms with Crippen LogP contribution in [0.25, 0.3) is 32.5 Å². The zero-order chi connectivity index (χ0) is 49.1. The van der Waals surface area contributed by atoms with Crippen molar-refractivity contribution in [3.63, 3.8) is 0 Å². The molecule has 3 aromatic carbocycles. The van der Waals surface area contributed by atoms with Crippen molar-refractivity contribution in [3.05, 3.63) is 119 Å². The van der Waals surface area contributed by atoms with Crippen LogP contribution >= 0.6 is 0 Å². The Hall–Kier alpha value is -7.46. The summed E-state index contributed by atoms with van der Waals surface area (Å²) in [6, 6.07) is 19.3. The minimum atomic E-state index is -1.61. The second kappa shape index (κ2) is 22.2. The van der Waals surface area contributed by atoms with Gasteiger partial charge in [-0.2, -0.15) is 0 Å². The summed E-state index contributed by atoms with van der Waals surface area (Å²) in [6.07, 6.45) is -1.95. The number of Topliss-reactive ketones (excluding diaryl/α,β-unsaturated/α-hetero) is 1. The number of benzene rings is 3. The Morgan fingerprint density at radius 1 is 0.836 bits per heavy atom. The third-order valence-corrected chi connectivity index (χ3v) is 10.5. The van der Waals surface area contributed by atoms with Gasteiger partial charge in [0.15, 0.2) is 0 Å². The minimum Gasteiger partial charge on any atom is -0.460 e. The highest BCUT2D eigenvalue weighted by molar-refractivity contribution is 5.95. The predicted molar refractivity (Wildman–Crippen MR) is 245 cm³/mol. The van der Waals surface area contributed by atoms with E-state index in [2.05, 4.69) is 27.2 Å². The van der Waals surface area contributed by atoms with E-state index in [9.17, 15) is 39.1 Å². The van der Waals surface area contributed by atoms with Gasteiger partial charge in [-0.1, -0.05) is 84.5 Å². The lowest BCUT2D eigenvalue weighted by atomic mass is 9.92. The van der Waals surface area contributed by atoms with E-state index in [1.807, 2.05) is 48.5 Å². The number of ketones is 1. The van der Waals surface area contributed by atoms with Crippen LogP contribution in [0.1, 0.15) is 83.9 Å². The highest BCUT2D eigenvalue weighted by Crippen LogP contribution is 2.44. The Balaban J connectivity index is 1.44. The summed E-state index contributed by atoms with van der Waals surface area (Å²) in [4.78, 5) is 96.9. The molecule has 2 N–H and O–H groups in total. The molecule has 0 fully saturated rings. The molecule has 0 unspecified atom stereocenters. The van der Waals surface area contributed by atoms with Gasteiger partial charge < -0.3 is 34.3 Å². The molecule has 0 aliphatic heterocycles. The third-order valence-electron chi connectivity index (χ3n) is 10.5. The lowest BCUT2D eigenvalue weighted by Gasteiger charge is -2.26. The molecule has 0 bridgehead atoms. The Bertz CT molecular complexity index is 2520. The van der Waals surface area contributed by atoms with Crippen molar-refractivity contribution in [1.82, 2.24) is 15.2 Å². The van der Waals surface area contributed by atoms with Gasteiger partial charge >= 0.3 is 30.1 Å². The molecule has 0 saturated heterocycles. The largest absolute Gasteiger partial charge is 0.460 e. The lowest BCUT2D eigenvalue weighted by molar-refractivity contribution is -0.157. The summed E-state index contributed by atoms with van der Waals surface area (Å²) in [5.41, 5.74) is 12.3. The van der Waals surface area contributed by atoms with Gasteiger partial charge in [-0.05, 0) is 87.9 Å². The molecule has 1 aliphatic rings. The van der Waals surface area contributed by atoms with Gasteiger partial charge in [-0.3, -0.25) is 23.7 Å². The smallest absolute Gasteiger partial charge is 0.419 e.